The van der Waals surface area contributed by atoms with Crippen molar-refractivity contribution in [1.82, 2.24) is 9.21 Å². The van der Waals surface area contributed by atoms with Crippen molar-refractivity contribution in [2.45, 2.75) is 11.8 Å². The second-order valence-electron chi connectivity index (χ2n) is 6.65. The van der Waals surface area contributed by atoms with Gasteiger partial charge in [0.1, 0.15) is 5.75 Å². The first-order chi connectivity index (χ1) is 13.0. The predicted octanol–water partition coefficient (Wildman–Crippen LogP) is 3.02. The molecule has 5 nitrogen and oxygen atoms in total. The van der Waals surface area contributed by atoms with Crippen LogP contribution in [0.3, 0.4) is 0 Å². The predicted molar refractivity (Wildman–Crippen MR) is 108 cm³/mol. The smallest absolute Gasteiger partial charge is 0.243 e. The van der Waals surface area contributed by atoms with E-state index in [0.717, 1.165) is 19.6 Å². The number of ether oxygens (including phenoxy) is 1. The van der Waals surface area contributed by atoms with E-state index < -0.39 is 10.0 Å². The summed E-state index contributed by atoms with van der Waals surface area (Å²) < 4.78 is 32.7. The van der Waals surface area contributed by atoms with Gasteiger partial charge in [0.25, 0.3) is 0 Å². The van der Waals surface area contributed by atoms with Crippen LogP contribution in [0.1, 0.15) is 11.1 Å². The topological polar surface area (TPSA) is 49.9 Å². The third kappa shape index (κ3) is 4.77. The van der Waals surface area contributed by atoms with Gasteiger partial charge in [-0.2, -0.15) is 4.31 Å². The first kappa shape index (κ1) is 19.6. The van der Waals surface area contributed by atoms with Gasteiger partial charge < -0.3 is 4.74 Å². The number of rotatable bonds is 6. The molecule has 0 spiro atoms. The first-order valence-electron chi connectivity index (χ1n) is 9.09. The Morgan fingerprint density at radius 1 is 1.04 bits per heavy atom. The summed E-state index contributed by atoms with van der Waals surface area (Å²) in [5.41, 5.74) is 1.89. The summed E-state index contributed by atoms with van der Waals surface area (Å²) in [7, 11) is -1.89. The molecule has 1 fully saturated rings. The molecule has 6 heteroatoms. The maximum absolute atomic E-state index is 13.0. The van der Waals surface area contributed by atoms with E-state index in [1.807, 2.05) is 18.2 Å². The Morgan fingerprint density at radius 3 is 2.37 bits per heavy atom. The minimum Gasteiger partial charge on any atom is -0.497 e. The average Bonchev–Trinajstić information content (AvgIpc) is 2.69. The highest BCUT2D eigenvalue weighted by molar-refractivity contribution is 7.89. The molecule has 0 unspecified atom stereocenters. The molecule has 2 aromatic carbocycles. The minimum absolute atomic E-state index is 0.362. The molecule has 27 heavy (non-hydrogen) atoms. The van der Waals surface area contributed by atoms with E-state index in [9.17, 15) is 8.42 Å². The highest BCUT2D eigenvalue weighted by Crippen LogP contribution is 2.24. The lowest BCUT2D eigenvalue weighted by molar-refractivity contribution is 0.204. The van der Waals surface area contributed by atoms with Crippen LogP contribution in [0.2, 0.25) is 0 Å². The number of hydrogen-bond acceptors (Lipinski definition) is 4. The van der Waals surface area contributed by atoms with Crippen molar-refractivity contribution in [3.05, 3.63) is 65.7 Å². The summed E-state index contributed by atoms with van der Waals surface area (Å²) in [5, 5.41) is 0. The van der Waals surface area contributed by atoms with Crippen molar-refractivity contribution in [1.29, 1.82) is 0 Å². The molecule has 0 radical (unpaired) electrons. The molecule has 3 rings (SSSR count). The van der Waals surface area contributed by atoms with Gasteiger partial charge in [0, 0.05) is 32.7 Å². The molecule has 0 saturated carbocycles. The fourth-order valence-corrected chi connectivity index (χ4v) is 4.86. The summed E-state index contributed by atoms with van der Waals surface area (Å²) in [6.07, 6.45) is 4.23. The van der Waals surface area contributed by atoms with E-state index in [1.165, 1.54) is 5.56 Å². The number of nitrogens with zero attached hydrogens (tertiary/aromatic N) is 2. The van der Waals surface area contributed by atoms with Gasteiger partial charge >= 0.3 is 0 Å². The molecule has 0 aromatic heterocycles. The lowest BCUT2D eigenvalue weighted by atomic mass is 10.2. The van der Waals surface area contributed by atoms with Crippen LogP contribution < -0.4 is 4.74 Å². The molecule has 2 aromatic rings. The normalized spacial score (nSPS) is 16.7. The van der Waals surface area contributed by atoms with Crippen LogP contribution in [0.5, 0.6) is 5.75 Å². The van der Waals surface area contributed by atoms with Crippen LogP contribution in [0.4, 0.5) is 0 Å². The molecule has 0 amide bonds. The van der Waals surface area contributed by atoms with Crippen LogP contribution >= 0.6 is 0 Å². The van der Waals surface area contributed by atoms with Gasteiger partial charge in [-0.1, -0.05) is 42.5 Å². The summed E-state index contributed by atoms with van der Waals surface area (Å²) in [4.78, 5) is 2.63. The quantitative estimate of drug-likeness (QED) is 0.766. The maximum atomic E-state index is 13.0. The number of sulfonamides is 1. The summed E-state index contributed by atoms with van der Waals surface area (Å²) in [5.74, 6) is 0.668. The van der Waals surface area contributed by atoms with Crippen molar-refractivity contribution in [2.75, 3.05) is 39.8 Å². The zero-order valence-electron chi connectivity index (χ0n) is 15.8. The zero-order valence-corrected chi connectivity index (χ0v) is 16.7. The van der Waals surface area contributed by atoms with E-state index in [-0.39, 0.29) is 0 Å². The van der Waals surface area contributed by atoms with Crippen molar-refractivity contribution < 1.29 is 13.2 Å². The molecule has 0 aliphatic carbocycles. The third-order valence-corrected chi connectivity index (χ3v) is 6.86. The van der Waals surface area contributed by atoms with Gasteiger partial charge in [-0.25, -0.2) is 8.42 Å². The fraction of sp³-hybridized carbons (Fsp3) is 0.333. The van der Waals surface area contributed by atoms with Crippen LogP contribution in [0.15, 0.2) is 59.5 Å². The number of hydrogen-bond donors (Lipinski definition) is 0. The van der Waals surface area contributed by atoms with E-state index >= 15 is 0 Å². The number of piperazine rings is 1. The van der Waals surface area contributed by atoms with Crippen molar-refractivity contribution in [3.8, 4) is 5.75 Å². The molecule has 0 N–H and O–H groups in total. The Hall–Kier alpha value is -2.15. The molecule has 1 aliphatic heterocycles. The lowest BCUT2D eigenvalue weighted by Gasteiger charge is -2.33. The average molecular weight is 387 g/mol. The van der Waals surface area contributed by atoms with Crippen LogP contribution in [0, 0.1) is 6.92 Å². The Bertz CT molecular complexity index is 887. The third-order valence-electron chi connectivity index (χ3n) is 4.80. The van der Waals surface area contributed by atoms with Gasteiger partial charge in [0.05, 0.1) is 12.0 Å². The number of benzene rings is 2. The molecule has 1 heterocycles. The highest BCUT2D eigenvalue weighted by atomic mass is 32.2. The first-order valence-corrected chi connectivity index (χ1v) is 10.5. The zero-order chi connectivity index (χ0) is 19.3. The molecule has 144 valence electrons. The molecule has 1 aliphatic rings. The molecule has 1 saturated heterocycles. The van der Waals surface area contributed by atoms with Gasteiger partial charge in [0.2, 0.25) is 10.0 Å². The second-order valence-corrected chi connectivity index (χ2v) is 8.56. The minimum atomic E-state index is -3.47. The van der Waals surface area contributed by atoms with Gasteiger partial charge in [-0.15, -0.1) is 0 Å². The van der Waals surface area contributed by atoms with Crippen molar-refractivity contribution in [2.24, 2.45) is 0 Å². The van der Waals surface area contributed by atoms with E-state index in [0.29, 0.717) is 29.3 Å². The monoisotopic (exact) mass is 386 g/mol. The van der Waals surface area contributed by atoms with E-state index in [1.54, 1.807) is 36.5 Å². The Balaban J connectivity index is 1.59. The second kappa shape index (κ2) is 8.69. The van der Waals surface area contributed by atoms with Gasteiger partial charge in [-0.3, -0.25) is 4.90 Å². The number of methoxy groups -OCH3 is 1. The van der Waals surface area contributed by atoms with Crippen LogP contribution in [0.25, 0.3) is 6.08 Å². The molecule has 0 bridgehead atoms. The largest absolute Gasteiger partial charge is 0.497 e. The SMILES string of the molecule is COc1ccc(S(=O)(=O)N2CCN(C/C=C/c3ccccc3)CC2)c(C)c1. The van der Waals surface area contributed by atoms with Gasteiger partial charge in [0.15, 0.2) is 0 Å². The fourth-order valence-electron chi connectivity index (χ4n) is 3.23. The standard InChI is InChI=1S/C21H26N2O3S/c1-18-17-20(26-2)10-11-21(18)27(24,25)23-15-13-22(14-16-23)12-6-9-19-7-4-3-5-8-19/h3-11,17H,12-16H2,1-2H3/b9-6+. The summed E-state index contributed by atoms with van der Waals surface area (Å²) in [6.45, 7) is 5.10. The van der Waals surface area contributed by atoms with E-state index in [4.69, 9.17) is 4.74 Å². The van der Waals surface area contributed by atoms with Crippen molar-refractivity contribution in [3.63, 3.8) is 0 Å². The van der Waals surface area contributed by atoms with Crippen LogP contribution in [-0.2, 0) is 10.0 Å². The Labute approximate surface area is 161 Å². The highest BCUT2D eigenvalue weighted by Gasteiger charge is 2.29. The van der Waals surface area contributed by atoms with E-state index in [2.05, 4.69) is 29.2 Å². The lowest BCUT2D eigenvalue weighted by Crippen LogP contribution is -2.48. The molecule has 0 atom stereocenters. The van der Waals surface area contributed by atoms with Crippen molar-refractivity contribution >= 4 is 16.1 Å². The maximum Gasteiger partial charge on any atom is 0.243 e. The molecular formula is C21H26N2O3S. The summed E-state index contributed by atoms with van der Waals surface area (Å²) >= 11 is 0. The summed E-state index contributed by atoms with van der Waals surface area (Å²) in [6, 6.07) is 15.3. The Morgan fingerprint density at radius 2 is 1.74 bits per heavy atom. The Kier molecular flexibility index (Phi) is 6.31. The number of aryl methyl sites for hydroxylation is 1. The van der Waals surface area contributed by atoms with Crippen LogP contribution in [-0.4, -0.2) is 57.5 Å². The molecular weight excluding hydrogens is 360 g/mol. The van der Waals surface area contributed by atoms with Gasteiger partial charge in [-0.05, 0) is 36.2 Å².